The summed E-state index contributed by atoms with van der Waals surface area (Å²) in [5.74, 6) is -0.198. The van der Waals surface area contributed by atoms with Crippen LogP contribution in [0.5, 0.6) is 0 Å². The molecule has 0 unspecified atom stereocenters. The van der Waals surface area contributed by atoms with Crippen LogP contribution >= 0.6 is 0 Å². The van der Waals surface area contributed by atoms with Gasteiger partial charge in [-0.15, -0.1) is 0 Å². The third-order valence-electron chi connectivity index (χ3n) is 6.85. The lowest BCUT2D eigenvalue weighted by molar-refractivity contribution is 0.297. The second kappa shape index (κ2) is 11.6. The molecule has 2 aliphatic heterocycles. The van der Waals surface area contributed by atoms with Gasteiger partial charge in [0.25, 0.3) is 12.0 Å². The molecule has 2 aromatic carbocycles. The van der Waals surface area contributed by atoms with Crippen molar-refractivity contribution in [3.63, 3.8) is 0 Å². The van der Waals surface area contributed by atoms with E-state index in [1.165, 1.54) is 17.7 Å². The molecular weight excluding hydrogens is 443 g/mol. The van der Waals surface area contributed by atoms with Crippen LogP contribution in [-0.4, -0.2) is 37.3 Å². The lowest BCUT2D eigenvalue weighted by Gasteiger charge is -2.26. The summed E-state index contributed by atoms with van der Waals surface area (Å²) in [4.78, 5) is 8.47. The van der Waals surface area contributed by atoms with Gasteiger partial charge in [-0.25, -0.2) is 14.4 Å². The Labute approximate surface area is 208 Å². The van der Waals surface area contributed by atoms with Gasteiger partial charge in [-0.3, -0.25) is 0 Å². The Kier molecular flexibility index (Phi) is 8.76. The van der Waals surface area contributed by atoms with Crippen molar-refractivity contribution >= 4 is 12.0 Å². The van der Waals surface area contributed by atoms with Crippen molar-refractivity contribution in [1.82, 2.24) is 0 Å². The predicted molar refractivity (Wildman–Crippen MR) is 140 cm³/mol. The van der Waals surface area contributed by atoms with E-state index >= 15 is 0 Å². The molecule has 0 radical (unpaired) electrons. The number of amidine groups is 2. The number of aliphatic imine (C=N–C) groups is 2. The molecule has 0 saturated carbocycles. The van der Waals surface area contributed by atoms with Gasteiger partial charge in [0, 0.05) is 0 Å². The van der Waals surface area contributed by atoms with Crippen molar-refractivity contribution in [3.05, 3.63) is 71.5 Å². The molecule has 0 bridgehead atoms. The standard InChI is InChI=1S/C14H19FN2O.C14H20N2O/c1-14(2,10-3-5-11(15)6-4-10)8-7-12-9-18-13(16)17-12;1-14(2,11-6-4-3-5-7-11)9-8-12-10-17-13(15)16-12/h3-6,12H,7-9H2,1-2H3,(H2,16,17);3-7,12H,8-10H2,1-2H3,(H2,15,16)/t2*12-/m00/s1. The fourth-order valence-corrected chi connectivity index (χ4v) is 4.30. The molecule has 190 valence electrons. The van der Waals surface area contributed by atoms with Gasteiger partial charge in [0.2, 0.25) is 0 Å². The van der Waals surface area contributed by atoms with Crippen LogP contribution in [0.1, 0.15) is 64.5 Å². The van der Waals surface area contributed by atoms with Gasteiger partial charge in [-0.1, -0.05) is 70.2 Å². The highest BCUT2D eigenvalue weighted by Crippen LogP contribution is 2.31. The first-order valence-corrected chi connectivity index (χ1v) is 12.3. The molecule has 0 amide bonds. The first-order valence-electron chi connectivity index (χ1n) is 12.3. The minimum absolute atomic E-state index is 0.000567. The maximum absolute atomic E-state index is 12.9. The van der Waals surface area contributed by atoms with E-state index in [1.54, 1.807) is 0 Å². The molecule has 2 heterocycles. The number of hydrogen-bond acceptors (Lipinski definition) is 6. The summed E-state index contributed by atoms with van der Waals surface area (Å²) in [6, 6.07) is 18.3. The minimum Gasteiger partial charge on any atom is -0.463 e. The molecule has 0 saturated heterocycles. The normalized spacial score (nSPS) is 19.7. The van der Waals surface area contributed by atoms with Crippen LogP contribution in [0.15, 0.2) is 64.6 Å². The number of hydrogen-bond donors (Lipinski definition) is 2. The van der Waals surface area contributed by atoms with Crippen LogP contribution < -0.4 is 11.5 Å². The van der Waals surface area contributed by atoms with Gasteiger partial charge >= 0.3 is 0 Å². The van der Waals surface area contributed by atoms with Crippen molar-refractivity contribution in [2.45, 2.75) is 76.3 Å². The molecule has 0 spiro atoms. The SMILES string of the molecule is CC(C)(CC[C@H]1COC(N)=N1)c1ccc(F)cc1.CC(C)(CC[C@H]1COC(N)=N1)c1ccccc1. The van der Waals surface area contributed by atoms with Gasteiger partial charge in [-0.05, 0) is 59.8 Å². The van der Waals surface area contributed by atoms with Gasteiger partial charge in [0.05, 0.1) is 12.1 Å². The highest BCUT2D eigenvalue weighted by Gasteiger charge is 2.25. The van der Waals surface area contributed by atoms with Crippen LogP contribution in [0.3, 0.4) is 0 Å². The zero-order valence-corrected chi connectivity index (χ0v) is 21.3. The van der Waals surface area contributed by atoms with E-state index in [2.05, 4.69) is 68.0 Å². The fraction of sp³-hybridized carbons (Fsp3) is 0.500. The summed E-state index contributed by atoms with van der Waals surface area (Å²) in [5.41, 5.74) is 13.7. The van der Waals surface area contributed by atoms with Gasteiger partial charge in [0.1, 0.15) is 19.0 Å². The van der Waals surface area contributed by atoms with Crippen LogP contribution in [0.4, 0.5) is 4.39 Å². The van der Waals surface area contributed by atoms with E-state index in [9.17, 15) is 4.39 Å². The Balaban J connectivity index is 0.000000196. The summed E-state index contributed by atoms with van der Waals surface area (Å²) in [5, 5.41) is 0. The average Bonchev–Trinajstić information content (AvgIpc) is 3.45. The van der Waals surface area contributed by atoms with Crippen LogP contribution in [0.25, 0.3) is 0 Å². The van der Waals surface area contributed by atoms with E-state index < -0.39 is 0 Å². The van der Waals surface area contributed by atoms with Gasteiger partial charge in [-0.2, -0.15) is 0 Å². The molecule has 4 rings (SSSR count). The Morgan fingerprint density at radius 2 is 1.17 bits per heavy atom. The zero-order chi connectivity index (χ0) is 25.5. The maximum atomic E-state index is 12.9. The summed E-state index contributed by atoms with van der Waals surface area (Å²) < 4.78 is 23.2. The van der Waals surface area contributed by atoms with Crippen LogP contribution in [0.2, 0.25) is 0 Å². The molecule has 2 aromatic rings. The highest BCUT2D eigenvalue weighted by molar-refractivity contribution is 5.73. The van der Waals surface area contributed by atoms with Crippen molar-refractivity contribution in [2.75, 3.05) is 13.2 Å². The van der Waals surface area contributed by atoms with E-state index in [0.29, 0.717) is 25.3 Å². The third kappa shape index (κ3) is 7.98. The van der Waals surface area contributed by atoms with E-state index in [1.807, 2.05) is 12.1 Å². The Bertz CT molecular complexity index is 1000. The van der Waals surface area contributed by atoms with E-state index in [4.69, 9.17) is 20.9 Å². The third-order valence-corrected chi connectivity index (χ3v) is 6.85. The van der Waals surface area contributed by atoms with Crippen molar-refractivity contribution in [2.24, 2.45) is 21.5 Å². The van der Waals surface area contributed by atoms with Crippen molar-refractivity contribution in [1.29, 1.82) is 0 Å². The van der Waals surface area contributed by atoms with E-state index in [-0.39, 0.29) is 28.7 Å². The summed E-state index contributed by atoms with van der Waals surface area (Å²) in [6.07, 6.45) is 3.99. The maximum Gasteiger partial charge on any atom is 0.282 e. The Hall–Kier alpha value is -3.09. The summed E-state index contributed by atoms with van der Waals surface area (Å²) in [7, 11) is 0. The van der Waals surface area contributed by atoms with Gasteiger partial charge in [0.15, 0.2) is 0 Å². The number of rotatable bonds is 8. The number of ether oxygens (including phenoxy) is 2. The van der Waals surface area contributed by atoms with Crippen molar-refractivity contribution in [3.8, 4) is 0 Å². The minimum atomic E-state index is -0.198. The Morgan fingerprint density at radius 1 is 0.743 bits per heavy atom. The molecule has 35 heavy (non-hydrogen) atoms. The molecular formula is C28H39FN4O2. The second-order valence-electron chi connectivity index (χ2n) is 10.6. The first-order chi connectivity index (χ1) is 16.5. The smallest absolute Gasteiger partial charge is 0.282 e. The van der Waals surface area contributed by atoms with Gasteiger partial charge < -0.3 is 20.9 Å². The molecule has 0 aromatic heterocycles. The van der Waals surface area contributed by atoms with Crippen molar-refractivity contribution < 1.29 is 13.9 Å². The number of nitrogens with zero attached hydrogens (tertiary/aromatic N) is 2. The first kappa shape index (κ1) is 26.5. The lowest BCUT2D eigenvalue weighted by atomic mass is 9.80. The molecule has 4 N–H and O–H groups in total. The number of nitrogens with two attached hydrogens (primary N) is 2. The zero-order valence-electron chi connectivity index (χ0n) is 21.3. The topological polar surface area (TPSA) is 95.2 Å². The number of halogens is 1. The quantitative estimate of drug-likeness (QED) is 0.550. The molecule has 7 heteroatoms. The Morgan fingerprint density at radius 3 is 1.57 bits per heavy atom. The predicted octanol–water partition coefficient (Wildman–Crippen LogP) is 5.05. The average molecular weight is 483 g/mol. The van der Waals surface area contributed by atoms with Crippen LogP contribution in [-0.2, 0) is 20.3 Å². The monoisotopic (exact) mass is 482 g/mol. The molecule has 2 aliphatic rings. The second-order valence-corrected chi connectivity index (χ2v) is 10.6. The molecule has 2 atom stereocenters. The molecule has 0 aliphatic carbocycles. The summed E-state index contributed by atoms with van der Waals surface area (Å²) >= 11 is 0. The lowest BCUT2D eigenvalue weighted by Crippen LogP contribution is -2.20. The largest absolute Gasteiger partial charge is 0.463 e. The molecule has 0 fully saturated rings. The molecule has 6 nitrogen and oxygen atoms in total. The summed E-state index contributed by atoms with van der Waals surface area (Å²) in [6.45, 7) is 10.1. The highest BCUT2D eigenvalue weighted by atomic mass is 19.1. The van der Waals surface area contributed by atoms with Crippen LogP contribution in [0, 0.1) is 5.82 Å². The van der Waals surface area contributed by atoms with E-state index in [0.717, 1.165) is 31.2 Å². The fourth-order valence-electron chi connectivity index (χ4n) is 4.30. The number of benzene rings is 2.